The molecule has 0 bridgehead atoms. The Labute approximate surface area is 173 Å². The maximum atomic E-state index is 4.79. The van der Waals surface area contributed by atoms with Crippen molar-refractivity contribution in [2.45, 2.75) is 33.9 Å². The fourth-order valence-corrected chi connectivity index (χ4v) is 3.95. The molecule has 0 fully saturated rings. The first-order valence-corrected chi connectivity index (χ1v) is 9.26. The summed E-state index contributed by atoms with van der Waals surface area (Å²) < 4.78 is 3.07. The van der Waals surface area contributed by atoms with E-state index in [0.29, 0.717) is 6.54 Å². The van der Waals surface area contributed by atoms with Crippen LogP contribution in [-0.4, -0.2) is 34.2 Å². The molecule has 0 aromatic carbocycles. The number of guanidine groups is 1. The van der Waals surface area contributed by atoms with Crippen molar-refractivity contribution in [1.29, 1.82) is 0 Å². The largest absolute Gasteiger partial charge is 0.357 e. The molecule has 0 aliphatic carbocycles. The van der Waals surface area contributed by atoms with E-state index in [0.717, 1.165) is 28.5 Å². The van der Waals surface area contributed by atoms with Crippen molar-refractivity contribution in [2.24, 2.45) is 12.0 Å². The molecule has 0 radical (unpaired) electrons. The summed E-state index contributed by atoms with van der Waals surface area (Å²) in [6.45, 7) is 8.55. The minimum Gasteiger partial charge on any atom is -0.357 e. The van der Waals surface area contributed by atoms with Gasteiger partial charge in [0.2, 0.25) is 0 Å². The highest BCUT2D eigenvalue weighted by Gasteiger charge is 2.11. The van der Waals surface area contributed by atoms with Gasteiger partial charge in [-0.3, -0.25) is 4.68 Å². The summed E-state index contributed by atoms with van der Waals surface area (Å²) in [5.74, 6) is 0.916. The third-order valence-electron chi connectivity index (χ3n) is 3.76. The van der Waals surface area contributed by atoms with Gasteiger partial charge in [0.15, 0.2) is 5.96 Å². The van der Waals surface area contributed by atoms with Crippen molar-refractivity contribution in [1.82, 2.24) is 20.0 Å². The minimum atomic E-state index is 0. The van der Waals surface area contributed by atoms with Gasteiger partial charge < -0.3 is 10.2 Å². The molecule has 2 aromatic rings. The monoisotopic (exact) mass is 525 g/mol. The zero-order valence-corrected chi connectivity index (χ0v) is 19.5. The zero-order valence-electron chi connectivity index (χ0n) is 14.8. The zero-order chi connectivity index (χ0) is 17.0. The molecule has 0 amide bonds. The van der Waals surface area contributed by atoms with Gasteiger partial charge in [-0.1, -0.05) is 0 Å². The Morgan fingerprint density at radius 2 is 2.12 bits per heavy atom. The maximum Gasteiger partial charge on any atom is 0.194 e. The van der Waals surface area contributed by atoms with Gasteiger partial charge in [0.1, 0.15) is 0 Å². The maximum absolute atomic E-state index is 4.79. The van der Waals surface area contributed by atoms with E-state index in [1.807, 2.05) is 18.7 Å². The van der Waals surface area contributed by atoms with E-state index in [9.17, 15) is 0 Å². The Bertz CT molecular complexity index is 695. The van der Waals surface area contributed by atoms with Gasteiger partial charge in [-0.25, -0.2) is 4.99 Å². The van der Waals surface area contributed by atoms with Crippen LogP contribution in [0, 0.1) is 13.8 Å². The van der Waals surface area contributed by atoms with Crippen LogP contribution in [0.2, 0.25) is 0 Å². The van der Waals surface area contributed by atoms with Gasteiger partial charge in [-0.2, -0.15) is 5.10 Å². The Morgan fingerprint density at radius 3 is 2.62 bits per heavy atom. The molecule has 2 rings (SSSR count). The van der Waals surface area contributed by atoms with E-state index >= 15 is 0 Å². The third kappa shape index (κ3) is 5.45. The van der Waals surface area contributed by atoms with Crippen LogP contribution >= 0.6 is 51.2 Å². The number of hydrogen-bond donors (Lipinski definition) is 1. The molecular formula is C16H25BrIN5S. The molecule has 8 heteroatoms. The molecule has 0 aliphatic rings. The molecule has 0 saturated carbocycles. The van der Waals surface area contributed by atoms with Crippen LogP contribution in [0.5, 0.6) is 0 Å². The lowest BCUT2D eigenvalue weighted by atomic mass is 10.2. The summed E-state index contributed by atoms with van der Waals surface area (Å²) in [6.07, 6.45) is 0. The topological polar surface area (TPSA) is 45.5 Å². The molecule has 0 spiro atoms. The highest BCUT2D eigenvalue weighted by atomic mass is 127. The minimum absolute atomic E-state index is 0. The van der Waals surface area contributed by atoms with Gasteiger partial charge in [0, 0.05) is 36.8 Å². The predicted octanol–water partition coefficient (Wildman–Crippen LogP) is 4.08. The van der Waals surface area contributed by atoms with Crippen LogP contribution < -0.4 is 5.32 Å². The Kier molecular flexibility index (Phi) is 8.72. The molecule has 0 unspecified atom stereocenters. The molecule has 2 heterocycles. The SMILES string of the molecule is CCNC(=NCc1c(C)nn(C)c1C)N(C)Cc1ccc(Br)s1.I. The van der Waals surface area contributed by atoms with Crippen molar-refractivity contribution in [3.63, 3.8) is 0 Å². The van der Waals surface area contributed by atoms with Crippen LogP contribution in [0.3, 0.4) is 0 Å². The molecule has 0 aliphatic heterocycles. The Hall–Kier alpha value is -0.610. The summed E-state index contributed by atoms with van der Waals surface area (Å²) in [4.78, 5) is 8.25. The van der Waals surface area contributed by atoms with Gasteiger partial charge in [0.05, 0.1) is 22.6 Å². The van der Waals surface area contributed by atoms with Crippen LogP contribution in [0.4, 0.5) is 0 Å². The summed E-state index contributed by atoms with van der Waals surface area (Å²) in [5, 5.41) is 7.83. The van der Waals surface area contributed by atoms with Crippen LogP contribution in [0.25, 0.3) is 0 Å². The summed E-state index contributed by atoms with van der Waals surface area (Å²) in [7, 11) is 4.04. The summed E-state index contributed by atoms with van der Waals surface area (Å²) in [6, 6.07) is 4.23. The molecule has 24 heavy (non-hydrogen) atoms. The second-order valence-electron chi connectivity index (χ2n) is 5.51. The smallest absolute Gasteiger partial charge is 0.194 e. The van der Waals surface area contributed by atoms with Crippen molar-refractivity contribution in [3.8, 4) is 0 Å². The van der Waals surface area contributed by atoms with E-state index in [4.69, 9.17) is 4.99 Å². The second kappa shape index (κ2) is 9.76. The quantitative estimate of drug-likeness (QED) is 0.363. The summed E-state index contributed by atoms with van der Waals surface area (Å²) in [5.41, 5.74) is 3.43. The molecular weight excluding hydrogens is 501 g/mol. The lowest BCUT2D eigenvalue weighted by molar-refractivity contribution is 0.481. The number of halogens is 2. The first kappa shape index (κ1) is 21.4. The fourth-order valence-electron chi connectivity index (χ4n) is 2.42. The second-order valence-corrected chi connectivity index (χ2v) is 8.05. The van der Waals surface area contributed by atoms with E-state index in [1.54, 1.807) is 11.3 Å². The van der Waals surface area contributed by atoms with Crippen molar-refractivity contribution < 1.29 is 0 Å². The first-order chi connectivity index (χ1) is 10.9. The molecule has 0 saturated heterocycles. The van der Waals surface area contributed by atoms with Gasteiger partial charge in [-0.05, 0) is 48.8 Å². The van der Waals surface area contributed by atoms with E-state index in [-0.39, 0.29) is 24.0 Å². The average Bonchev–Trinajstić information content (AvgIpc) is 3.00. The van der Waals surface area contributed by atoms with Crippen LogP contribution in [-0.2, 0) is 20.1 Å². The number of aryl methyl sites for hydroxylation is 2. The van der Waals surface area contributed by atoms with Crippen LogP contribution in [0.15, 0.2) is 20.9 Å². The third-order valence-corrected chi connectivity index (χ3v) is 5.37. The number of thiophene rings is 1. The summed E-state index contributed by atoms with van der Waals surface area (Å²) >= 11 is 5.27. The molecule has 5 nitrogen and oxygen atoms in total. The Morgan fingerprint density at radius 1 is 1.42 bits per heavy atom. The first-order valence-electron chi connectivity index (χ1n) is 7.65. The average molecular weight is 526 g/mol. The van der Waals surface area contributed by atoms with E-state index < -0.39 is 0 Å². The van der Waals surface area contributed by atoms with E-state index in [2.05, 4.69) is 64.3 Å². The van der Waals surface area contributed by atoms with Gasteiger partial charge in [0.25, 0.3) is 0 Å². The molecule has 1 N–H and O–H groups in total. The predicted molar refractivity (Wildman–Crippen MR) is 116 cm³/mol. The highest BCUT2D eigenvalue weighted by Crippen LogP contribution is 2.23. The normalized spacial score (nSPS) is 11.3. The van der Waals surface area contributed by atoms with Crippen molar-refractivity contribution in [3.05, 3.63) is 37.7 Å². The van der Waals surface area contributed by atoms with Crippen molar-refractivity contribution in [2.75, 3.05) is 13.6 Å². The lowest BCUT2D eigenvalue weighted by Crippen LogP contribution is -2.38. The Balaban J connectivity index is 0.00000288. The molecule has 2 aromatic heterocycles. The molecule has 134 valence electrons. The number of rotatable bonds is 5. The standard InChI is InChI=1S/C16H24BrN5S.HI/c1-6-18-16(21(4)10-13-7-8-15(17)23-13)19-9-14-11(2)20-22(5)12(14)3;/h7-8H,6,9-10H2,1-5H3,(H,18,19);1H. The number of nitrogens with one attached hydrogen (secondary N) is 1. The number of aromatic nitrogens is 2. The fraction of sp³-hybridized carbons (Fsp3) is 0.500. The van der Waals surface area contributed by atoms with Crippen LogP contribution in [0.1, 0.15) is 28.8 Å². The molecule has 0 atom stereocenters. The van der Waals surface area contributed by atoms with Gasteiger partial charge in [-0.15, -0.1) is 35.3 Å². The van der Waals surface area contributed by atoms with E-state index in [1.165, 1.54) is 16.1 Å². The number of hydrogen-bond acceptors (Lipinski definition) is 3. The number of nitrogens with zero attached hydrogens (tertiary/aromatic N) is 4. The van der Waals surface area contributed by atoms with Crippen molar-refractivity contribution >= 4 is 57.2 Å². The van der Waals surface area contributed by atoms with Gasteiger partial charge >= 0.3 is 0 Å². The lowest BCUT2D eigenvalue weighted by Gasteiger charge is -2.21. The number of aliphatic imine (C=N–C) groups is 1. The highest BCUT2D eigenvalue weighted by molar-refractivity contribution is 14.0.